The Labute approximate surface area is 133 Å². The topological polar surface area (TPSA) is 57.7 Å². The Hall–Kier alpha value is -2.63. The Morgan fingerprint density at radius 3 is 2.70 bits per heavy atom. The van der Waals surface area contributed by atoms with E-state index in [1.165, 1.54) is 26.5 Å². The highest BCUT2D eigenvalue weighted by molar-refractivity contribution is 5.91. The molecule has 0 spiro atoms. The largest absolute Gasteiger partial charge is 0.493 e. The van der Waals surface area contributed by atoms with Gasteiger partial charge >= 0.3 is 5.97 Å². The van der Waals surface area contributed by atoms with Gasteiger partial charge in [-0.05, 0) is 42.5 Å². The monoisotopic (exact) mass is 317 g/mol. The van der Waals surface area contributed by atoms with Crippen molar-refractivity contribution in [3.8, 4) is 17.4 Å². The summed E-state index contributed by atoms with van der Waals surface area (Å²) in [6.45, 7) is 0. The predicted molar refractivity (Wildman–Crippen MR) is 80.6 cm³/mol. The number of halogens is 1. The molecule has 23 heavy (non-hydrogen) atoms. The van der Waals surface area contributed by atoms with Crippen molar-refractivity contribution >= 4 is 5.97 Å². The maximum Gasteiger partial charge on any atom is 0.343 e. The molecule has 0 unspecified atom stereocenters. The molecule has 5 nitrogen and oxygen atoms in total. The second kappa shape index (κ2) is 6.24. The van der Waals surface area contributed by atoms with Gasteiger partial charge in [0.25, 0.3) is 0 Å². The molecular formula is C17H16FNO4. The zero-order valence-electron chi connectivity index (χ0n) is 12.8. The number of benzene rings is 1. The fraction of sp³-hybridized carbons (Fsp3) is 0.294. The van der Waals surface area contributed by atoms with Gasteiger partial charge in [-0.15, -0.1) is 0 Å². The molecule has 1 aliphatic carbocycles. The number of carbonyl (C=O) groups is 1. The van der Waals surface area contributed by atoms with Crippen molar-refractivity contribution in [2.24, 2.45) is 0 Å². The summed E-state index contributed by atoms with van der Waals surface area (Å²) in [4.78, 5) is 15.8. The van der Waals surface area contributed by atoms with Gasteiger partial charge in [0.1, 0.15) is 11.4 Å². The van der Waals surface area contributed by atoms with Gasteiger partial charge in [0.05, 0.1) is 14.2 Å². The van der Waals surface area contributed by atoms with Gasteiger partial charge in [0.15, 0.2) is 11.5 Å². The molecular weight excluding hydrogens is 301 g/mol. The molecule has 0 bridgehead atoms. The Morgan fingerprint density at radius 2 is 2.04 bits per heavy atom. The summed E-state index contributed by atoms with van der Waals surface area (Å²) >= 11 is 0. The van der Waals surface area contributed by atoms with Crippen LogP contribution in [0.25, 0.3) is 0 Å². The van der Waals surface area contributed by atoms with Crippen LogP contribution in [0.2, 0.25) is 0 Å². The van der Waals surface area contributed by atoms with Gasteiger partial charge < -0.3 is 14.2 Å². The molecule has 0 aliphatic heterocycles. The van der Waals surface area contributed by atoms with E-state index in [0.717, 1.165) is 12.8 Å². The van der Waals surface area contributed by atoms with Gasteiger partial charge in [0, 0.05) is 12.3 Å². The number of hydrogen-bond donors (Lipinski definition) is 0. The van der Waals surface area contributed by atoms with Crippen molar-refractivity contribution < 1.29 is 23.4 Å². The first kappa shape index (κ1) is 15.3. The first-order valence-electron chi connectivity index (χ1n) is 7.22. The minimum absolute atomic E-state index is 0.0889. The van der Waals surface area contributed by atoms with E-state index in [4.69, 9.17) is 14.2 Å². The van der Waals surface area contributed by atoms with Crippen LogP contribution in [0.5, 0.6) is 17.4 Å². The minimum atomic E-state index is -0.559. The number of pyridine rings is 1. The lowest BCUT2D eigenvalue weighted by Gasteiger charge is -2.13. The Kier molecular flexibility index (Phi) is 4.14. The van der Waals surface area contributed by atoms with Crippen molar-refractivity contribution in [3.05, 3.63) is 47.4 Å². The van der Waals surface area contributed by atoms with Gasteiger partial charge in [-0.1, -0.05) is 0 Å². The van der Waals surface area contributed by atoms with E-state index in [-0.39, 0.29) is 28.9 Å². The van der Waals surface area contributed by atoms with E-state index in [0.29, 0.717) is 11.3 Å². The van der Waals surface area contributed by atoms with Crippen molar-refractivity contribution in [2.75, 3.05) is 14.2 Å². The molecule has 0 amide bonds. The minimum Gasteiger partial charge on any atom is -0.493 e. The summed E-state index contributed by atoms with van der Waals surface area (Å²) in [5.74, 6) is -0.00593. The maximum atomic E-state index is 14.1. The Balaban J connectivity index is 1.99. The predicted octanol–water partition coefficient (Wildman–Crippen LogP) is 3.69. The van der Waals surface area contributed by atoms with Gasteiger partial charge in [-0.2, -0.15) is 0 Å². The molecule has 1 heterocycles. The lowest BCUT2D eigenvalue weighted by Crippen LogP contribution is -2.05. The molecule has 1 aliphatic rings. The molecule has 0 atom stereocenters. The van der Waals surface area contributed by atoms with Crippen LogP contribution < -0.4 is 9.47 Å². The van der Waals surface area contributed by atoms with Crippen LogP contribution in [0.1, 0.15) is 34.7 Å². The van der Waals surface area contributed by atoms with E-state index in [1.807, 2.05) is 0 Å². The second-order valence-electron chi connectivity index (χ2n) is 5.25. The van der Waals surface area contributed by atoms with Crippen molar-refractivity contribution in [1.29, 1.82) is 0 Å². The van der Waals surface area contributed by atoms with Crippen LogP contribution in [0.4, 0.5) is 4.39 Å². The van der Waals surface area contributed by atoms with Crippen LogP contribution in [-0.2, 0) is 4.74 Å². The molecule has 1 aromatic carbocycles. The number of hydrogen-bond acceptors (Lipinski definition) is 5. The summed E-state index contributed by atoms with van der Waals surface area (Å²) in [5, 5.41) is 0. The average Bonchev–Trinajstić information content (AvgIpc) is 3.40. The molecule has 1 aromatic heterocycles. The third-order valence-electron chi connectivity index (χ3n) is 3.68. The second-order valence-corrected chi connectivity index (χ2v) is 5.25. The van der Waals surface area contributed by atoms with Gasteiger partial charge in [-0.3, -0.25) is 0 Å². The molecule has 1 fully saturated rings. The zero-order chi connectivity index (χ0) is 16.4. The standard InChI is InChI=1S/C17H16FNO4/c1-21-14-9-13(18)12(10-5-6-10)8-15(14)23-16-11(17(20)22-2)4-3-7-19-16/h3-4,7-10H,5-6H2,1-2H3. The van der Waals surface area contributed by atoms with Gasteiger partial charge in [0.2, 0.25) is 5.88 Å². The summed E-state index contributed by atoms with van der Waals surface area (Å²) in [6.07, 6.45) is 3.42. The average molecular weight is 317 g/mol. The number of esters is 1. The highest BCUT2D eigenvalue weighted by Crippen LogP contribution is 2.45. The fourth-order valence-corrected chi connectivity index (χ4v) is 2.34. The lowest BCUT2D eigenvalue weighted by molar-refractivity contribution is 0.0597. The number of nitrogens with zero attached hydrogens (tertiary/aromatic N) is 1. The molecule has 2 aromatic rings. The molecule has 1 saturated carbocycles. The SMILES string of the molecule is COC(=O)c1cccnc1Oc1cc(C2CC2)c(F)cc1OC. The normalized spacial score (nSPS) is 13.5. The van der Waals surface area contributed by atoms with Crippen LogP contribution in [0.15, 0.2) is 30.5 Å². The van der Waals surface area contributed by atoms with Crippen molar-refractivity contribution in [1.82, 2.24) is 4.98 Å². The first-order chi connectivity index (χ1) is 11.1. The highest BCUT2D eigenvalue weighted by Gasteiger charge is 2.28. The Bertz CT molecular complexity index is 743. The van der Waals surface area contributed by atoms with Crippen molar-refractivity contribution in [2.45, 2.75) is 18.8 Å². The smallest absolute Gasteiger partial charge is 0.343 e. The third kappa shape index (κ3) is 3.11. The van der Waals surface area contributed by atoms with Crippen LogP contribution >= 0.6 is 0 Å². The number of methoxy groups -OCH3 is 2. The molecule has 6 heteroatoms. The number of rotatable bonds is 5. The third-order valence-corrected chi connectivity index (χ3v) is 3.68. The quantitative estimate of drug-likeness (QED) is 0.787. The van der Waals surface area contributed by atoms with Crippen molar-refractivity contribution in [3.63, 3.8) is 0 Å². The van der Waals surface area contributed by atoms with Crippen LogP contribution in [-0.4, -0.2) is 25.2 Å². The summed E-state index contributed by atoms with van der Waals surface area (Å²) in [6, 6.07) is 6.06. The molecule has 3 rings (SSSR count). The highest BCUT2D eigenvalue weighted by atomic mass is 19.1. The van der Waals surface area contributed by atoms with Gasteiger partial charge in [-0.25, -0.2) is 14.2 Å². The summed E-state index contributed by atoms with van der Waals surface area (Å²) < 4.78 is 29.7. The Morgan fingerprint density at radius 1 is 1.26 bits per heavy atom. The van der Waals surface area contributed by atoms with E-state index < -0.39 is 5.97 Å². The number of carbonyl (C=O) groups excluding carboxylic acids is 1. The molecule has 0 saturated heterocycles. The zero-order valence-corrected chi connectivity index (χ0v) is 12.8. The number of ether oxygens (including phenoxy) is 3. The fourth-order valence-electron chi connectivity index (χ4n) is 2.34. The summed E-state index contributed by atoms with van der Waals surface area (Å²) in [7, 11) is 2.71. The molecule has 0 radical (unpaired) electrons. The first-order valence-corrected chi connectivity index (χ1v) is 7.22. The lowest BCUT2D eigenvalue weighted by atomic mass is 10.1. The van der Waals surface area contributed by atoms with E-state index in [2.05, 4.69) is 4.98 Å². The summed E-state index contributed by atoms with van der Waals surface area (Å²) in [5.41, 5.74) is 0.783. The van der Waals surface area contributed by atoms with E-state index in [1.54, 1.807) is 18.2 Å². The van der Waals surface area contributed by atoms with E-state index >= 15 is 0 Å². The van der Waals surface area contributed by atoms with Crippen LogP contribution in [0.3, 0.4) is 0 Å². The number of aromatic nitrogens is 1. The molecule has 120 valence electrons. The maximum absolute atomic E-state index is 14.1. The van der Waals surface area contributed by atoms with Crippen LogP contribution in [0, 0.1) is 5.82 Å². The van der Waals surface area contributed by atoms with E-state index in [9.17, 15) is 9.18 Å². The molecule has 0 N–H and O–H groups in total.